The van der Waals surface area contributed by atoms with Gasteiger partial charge in [0.15, 0.2) is 0 Å². The summed E-state index contributed by atoms with van der Waals surface area (Å²) in [6.45, 7) is 2.58. The molecule has 1 N–H and O–H groups in total. The first kappa shape index (κ1) is 20.1. The first-order chi connectivity index (χ1) is 14.6. The van der Waals surface area contributed by atoms with E-state index in [-0.39, 0.29) is 23.8 Å². The Kier molecular flexibility index (Phi) is 5.84. The number of nitrogens with one attached hydrogen (secondary N) is 1. The van der Waals surface area contributed by atoms with E-state index in [2.05, 4.69) is 35.6 Å². The minimum atomic E-state index is 0.0143. The van der Waals surface area contributed by atoms with Gasteiger partial charge < -0.3 is 10.2 Å². The predicted octanol–water partition coefficient (Wildman–Crippen LogP) is 4.88. The van der Waals surface area contributed by atoms with E-state index in [9.17, 15) is 9.59 Å². The van der Waals surface area contributed by atoms with Crippen LogP contribution in [-0.4, -0.2) is 36.3 Å². The van der Waals surface area contributed by atoms with E-state index in [0.717, 1.165) is 30.4 Å². The van der Waals surface area contributed by atoms with Crippen LogP contribution in [0.2, 0.25) is 0 Å². The molecule has 0 radical (unpaired) electrons. The van der Waals surface area contributed by atoms with Crippen molar-refractivity contribution in [3.63, 3.8) is 0 Å². The van der Waals surface area contributed by atoms with Crippen LogP contribution in [0.25, 0.3) is 21.9 Å². The summed E-state index contributed by atoms with van der Waals surface area (Å²) >= 11 is 0. The number of benzene rings is 3. The van der Waals surface area contributed by atoms with Gasteiger partial charge in [0.1, 0.15) is 0 Å². The number of hydrogen-bond donors (Lipinski definition) is 1. The van der Waals surface area contributed by atoms with Gasteiger partial charge in [0.25, 0.3) is 5.91 Å². The van der Waals surface area contributed by atoms with E-state index in [0.29, 0.717) is 12.1 Å². The summed E-state index contributed by atoms with van der Waals surface area (Å²) in [4.78, 5) is 26.9. The summed E-state index contributed by atoms with van der Waals surface area (Å²) in [5.74, 6) is 0.141. The molecule has 0 spiro atoms. The topological polar surface area (TPSA) is 49.4 Å². The lowest BCUT2D eigenvalue weighted by molar-refractivity contribution is -0.124. The Morgan fingerprint density at radius 2 is 1.63 bits per heavy atom. The van der Waals surface area contributed by atoms with Gasteiger partial charge in [-0.25, -0.2) is 0 Å². The highest BCUT2D eigenvalue weighted by molar-refractivity contribution is 5.95. The molecule has 4 nitrogen and oxygen atoms in total. The molecule has 1 aliphatic rings. The van der Waals surface area contributed by atoms with Crippen molar-refractivity contribution in [3.8, 4) is 11.1 Å². The fraction of sp³-hybridized carbons (Fsp3) is 0.308. The summed E-state index contributed by atoms with van der Waals surface area (Å²) < 4.78 is 0. The molecule has 0 unspecified atom stereocenters. The lowest BCUT2D eigenvalue weighted by Gasteiger charge is -2.25. The first-order valence-electron chi connectivity index (χ1n) is 10.7. The summed E-state index contributed by atoms with van der Waals surface area (Å²) in [7, 11) is 1.85. The molecule has 4 rings (SSSR count). The summed E-state index contributed by atoms with van der Waals surface area (Å²) in [6, 6.07) is 22.7. The molecule has 1 fully saturated rings. The fourth-order valence-corrected chi connectivity index (χ4v) is 4.41. The van der Waals surface area contributed by atoms with E-state index < -0.39 is 0 Å². The molecular weight excluding hydrogens is 372 g/mol. The highest BCUT2D eigenvalue weighted by Gasteiger charge is 2.33. The van der Waals surface area contributed by atoms with Crippen molar-refractivity contribution in [1.29, 1.82) is 0 Å². The van der Waals surface area contributed by atoms with Crippen molar-refractivity contribution in [2.24, 2.45) is 5.92 Å². The molecule has 2 amide bonds. The van der Waals surface area contributed by atoms with Crippen molar-refractivity contribution in [3.05, 3.63) is 72.3 Å². The molecule has 0 saturated heterocycles. The van der Waals surface area contributed by atoms with E-state index in [1.54, 1.807) is 0 Å². The number of carbonyl (C=O) groups excluding carboxylic acids is 2. The Morgan fingerprint density at radius 3 is 2.37 bits per heavy atom. The zero-order valence-electron chi connectivity index (χ0n) is 17.6. The van der Waals surface area contributed by atoms with Crippen molar-refractivity contribution in [2.45, 2.75) is 32.2 Å². The standard InChI is InChI=1S/C26H28N2O2/c1-3-27-25(29)23-14-15-24(17-23)28(2)26(30)20-11-8-19(9-12-20)22-13-10-18-6-4-5-7-21(18)16-22/h4-13,16,23-24H,3,14-15,17H2,1-2H3,(H,27,29)/t23-,24+/m0/s1. The lowest BCUT2D eigenvalue weighted by Crippen LogP contribution is -2.36. The molecule has 1 saturated carbocycles. The van der Waals surface area contributed by atoms with Gasteiger partial charge in [0, 0.05) is 31.1 Å². The highest BCUT2D eigenvalue weighted by atomic mass is 16.2. The second kappa shape index (κ2) is 8.70. The number of nitrogens with zero attached hydrogens (tertiary/aromatic N) is 1. The largest absolute Gasteiger partial charge is 0.356 e. The summed E-state index contributed by atoms with van der Waals surface area (Å²) in [5.41, 5.74) is 2.92. The smallest absolute Gasteiger partial charge is 0.253 e. The molecule has 30 heavy (non-hydrogen) atoms. The van der Waals surface area contributed by atoms with Crippen LogP contribution in [0.1, 0.15) is 36.5 Å². The quantitative estimate of drug-likeness (QED) is 0.663. The summed E-state index contributed by atoms with van der Waals surface area (Å²) in [6.07, 6.45) is 2.46. The minimum absolute atomic E-state index is 0.0143. The zero-order chi connectivity index (χ0) is 21.1. The maximum Gasteiger partial charge on any atom is 0.253 e. The maximum absolute atomic E-state index is 13.0. The van der Waals surface area contributed by atoms with Crippen LogP contribution in [-0.2, 0) is 4.79 Å². The fourth-order valence-electron chi connectivity index (χ4n) is 4.41. The molecule has 0 aliphatic heterocycles. The van der Waals surface area contributed by atoms with E-state index >= 15 is 0 Å². The van der Waals surface area contributed by atoms with E-state index in [4.69, 9.17) is 0 Å². The number of carbonyl (C=O) groups is 2. The highest BCUT2D eigenvalue weighted by Crippen LogP contribution is 2.30. The van der Waals surface area contributed by atoms with Crippen LogP contribution >= 0.6 is 0 Å². The first-order valence-corrected chi connectivity index (χ1v) is 10.7. The van der Waals surface area contributed by atoms with Crippen molar-refractivity contribution >= 4 is 22.6 Å². The third-order valence-electron chi connectivity index (χ3n) is 6.21. The molecule has 3 aromatic carbocycles. The van der Waals surface area contributed by atoms with Crippen molar-refractivity contribution in [1.82, 2.24) is 10.2 Å². The van der Waals surface area contributed by atoms with Crippen LogP contribution in [0.4, 0.5) is 0 Å². The number of rotatable bonds is 5. The molecule has 3 aromatic rings. The van der Waals surface area contributed by atoms with Gasteiger partial charge >= 0.3 is 0 Å². The van der Waals surface area contributed by atoms with E-state index in [1.807, 2.05) is 55.3 Å². The molecule has 0 heterocycles. The predicted molar refractivity (Wildman–Crippen MR) is 121 cm³/mol. The third-order valence-corrected chi connectivity index (χ3v) is 6.21. The van der Waals surface area contributed by atoms with E-state index in [1.165, 1.54) is 10.8 Å². The van der Waals surface area contributed by atoms with Crippen LogP contribution in [0, 0.1) is 5.92 Å². The zero-order valence-corrected chi connectivity index (χ0v) is 17.6. The Hall–Kier alpha value is -3.14. The normalized spacial score (nSPS) is 18.3. The van der Waals surface area contributed by atoms with Gasteiger partial charge in [-0.3, -0.25) is 9.59 Å². The maximum atomic E-state index is 13.0. The van der Waals surface area contributed by atoms with Crippen molar-refractivity contribution < 1.29 is 9.59 Å². The SMILES string of the molecule is CCNC(=O)[C@H]1CC[C@@H](N(C)C(=O)c2ccc(-c3ccc4ccccc4c3)cc2)C1. The van der Waals surface area contributed by atoms with Gasteiger partial charge in [0.05, 0.1) is 0 Å². The van der Waals surface area contributed by atoms with Crippen molar-refractivity contribution in [2.75, 3.05) is 13.6 Å². The second-order valence-corrected chi connectivity index (χ2v) is 8.11. The molecule has 154 valence electrons. The monoisotopic (exact) mass is 400 g/mol. The van der Waals surface area contributed by atoms with Crippen LogP contribution in [0.5, 0.6) is 0 Å². The van der Waals surface area contributed by atoms with Crippen LogP contribution < -0.4 is 5.32 Å². The van der Waals surface area contributed by atoms with Gasteiger partial charge in [-0.05, 0) is 66.3 Å². The van der Waals surface area contributed by atoms with Gasteiger partial charge in [-0.2, -0.15) is 0 Å². The van der Waals surface area contributed by atoms with Gasteiger partial charge in [0.2, 0.25) is 5.91 Å². The molecule has 2 atom stereocenters. The Bertz CT molecular complexity index is 1060. The lowest BCUT2D eigenvalue weighted by atomic mass is 10.00. The molecule has 0 bridgehead atoms. The Labute approximate surface area is 177 Å². The van der Waals surface area contributed by atoms with Crippen LogP contribution in [0.15, 0.2) is 66.7 Å². The Balaban J connectivity index is 1.45. The molecule has 1 aliphatic carbocycles. The molecule has 0 aromatic heterocycles. The molecular formula is C26H28N2O2. The minimum Gasteiger partial charge on any atom is -0.356 e. The average molecular weight is 401 g/mol. The summed E-state index contributed by atoms with van der Waals surface area (Å²) in [5, 5.41) is 5.32. The van der Waals surface area contributed by atoms with Gasteiger partial charge in [-0.15, -0.1) is 0 Å². The average Bonchev–Trinajstić information content (AvgIpc) is 3.28. The number of amides is 2. The second-order valence-electron chi connectivity index (χ2n) is 8.11. The third kappa shape index (κ3) is 4.09. The van der Waals surface area contributed by atoms with Gasteiger partial charge in [-0.1, -0.05) is 48.5 Å². The molecule has 4 heteroatoms. The Morgan fingerprint density at radius 1 is 0.933 bits per heavy atom. The van der Waals surface area contributed by atoms with Crippen LogP contribution in [0.3, 0.4) is 0 Å². The number of hydrogen-bond acceptors (Lipinski definition) is 2. The number of fused-ring (bicyclic) bond motifs is 1.